The fourth-order valence-corrected chi connectivity index (χ4v) is 21.9. The van der Waals surface area contributed by atoms with Crippen LogP contribution in [0.1, 0.15) is 159 Å². The van der Waals surface area contributed by atoms with E-state index in [4.69, 9.17) is 48.6 Å². The first-order chi connectivity index (χ1) is 70.8. The van der Waals surface area contributed by atoms with Crippen LogP contribution in [-0.4, -0.2) is 99.9 Å². The molecule has 45 heteroatoms. The molecule has 0 atom stereocenters. The average molecular weight is 2170 g/mol. The number of nitrogens with zero attached hydrogens (tertiary/aromatic N) is 9. The number of halogens is 15. The van der Waals surface area contributed by atoms with Gasteiger partial charge in [0.1, 0.15) is 58.6 Å². The van der Waals surface area contributed by atoms with Crippen LogP contribution in [0.2, 0.25) is 0 Å². The molecule has 1 aliphatic heterocycles. The minimum atomic E-state index is -4.70. The molecule has 0 bridgehead atoms. The zero-order chi connectivity index (χ0) is 109. The van der Waals surface area contributed by atoms with Gasteiger partial charge in [0, 0.05) is 147 Å². The van der Waals surface area contributed by atoms with Crippen molar-refractivity contribution in [2.24, 2.45) is 5.41 Å². The molecule has 0 fully saturated rings. The Labute approximate surface area is 865 Å². The lowest BCUT2D eigenvalue weighted by Gasteiger charge is -2.19. The monoisotopic (exact) mass is 2170 g/mol. The molecule has 15 aromatic heterocycles. The number of methoxy groups -OCH3 is 1. The van der Waals surface area contributed by atoms with Crippen molar-refractivity contribution in [1.29, 1.82) is 0 Å². The van der Waals surface area contributed by atoms with Crippen molar-refractivity contribution in [1.82, 2.24) is 44.9 Å². The molecule has 0 radical (unpaired) electrons. The molecular formula is C105H80F15N15O9S6. The zero-order valence-corrected chi connectivity index (χ0v) is 84.5. The van der Waals surface area contributed by atoms with Gasteiger partial charge in [-0.05, 0) is 158 Å². The summed E-state index contributed by atoms with van der Waals surface area (Å²) in [7, 11) is 1.55. The number of rotatable bonds is 16. The SMILES string of the molecule is CC(=O)c1sc2nc(-c3ccc4c(c3)OCCO4)cc(C(F)(F)F)c2c1N.CC(=O)c1sc2nc(-c3cccnc3)cc(C(F)(F)F)c2c1N.CC(C)(C)C(=O)c1sc2nc(-c3cccnc3)cc(C(F)(F)F)c2c1N.CCc1ccc(-c2ccc3c(N)c(C(C)=O)sc3n2)cc1.COc1ccc(-c2cc(C(F)F)c3c(N)c(C(C)=O)sc3n2)cc1.Nc1c(C(=O)c2ccc(F)cc2)sc2nc(-c3cccnc3)cc(C(F)(F)F)c12. The molecule has 0 spiro atoms. The summed E-state index contributed by atoms with van der Waals surface area (Å²) in [6, 6.07) is 43.4. The fraction of sp³-hybridized carbons (Fsp3) is 0.171. The quantitative estimate of drug-likeness (QED) is 0.0386. The van der Waals surface area contributed by atoms with E-state index >= 15 is 0 Å². The number of carbonyl (C=O) groups is 6. The molecule has 0 unspecified atom stereocenters. The van der Waals surface area contributed by atoms with Crippen LogP contribution in [0.25, 0.3) is 129 Å². The highest BCUT2D eigenvalue weighted by Gasteiger charge is 2.42. The van der Waals surface area contributed by atoms with E-state index in [0.717, 1.165) is 121 Å². The van der Waals surface area contributed by atoms with Crippen LogP contribution in [0.5, 0.6) is 17.2 Å². The van der Waals surface area contributed by atoms with E-state index in [-0.39, 0.29) is 156 Å². The molecule has 0 amide bonds. The van der Waals surface area contributed by atoms with Gasteiger partial charge in [-0.15, -0.1) is 68.0 Å². The van der Waals surface area contributed by atoms with Gasteiger partial charge in [-0.1, -0.05) is 52.0 Å². The maximum atomic E-state index is 13.8. The standard InChI is InChI=1S/C20H11F4N3OS.C18H16F3N3OS.C18H13F3N2O3S.C17H14F2N2O2S.C17H16N2OS.C15H10F3N3OS/c21-12-5-3-10(4-6-12)17(28)18-16(25)15-13(20(22,23)24)8-14(27-19(15)29-18)11-2-1-7-26-9-11;1-17(2,3)15(25)14-13(22)12-10(18(19,20)21)7-11(24-16(12)26-14)9-5-4-6-23-8-9;1-8(24)16-15(22)14-10(18(19,20)21)7-11(23-17(14)27-16)9-2-3-12-13(6-9)26-5-4-25-12;1-8(22)15-14(20)13-11(16(18)19)7-12(21-17(13)24-15)9-3-5-10(23-2)6-4-9;1-3-11-4-6-12(7-5-11)14-9-8-13-15(18)16(10(2)20)21-17(13)19-14;1-7(22)13-12(19)11-9(15(16,17)18)5-10(21-14(11)23-13)8-3-2-4-20-6-8/h1-9H,25H2;4-8H,22H2,1-3H3;2-3,6-7H,4-5,22H2,1H3;3-7,16H,20H2,1-2H3;4-9H,3,18H2,1-2H3;2-6H,19H2,1H3. The Balaban J connectivity index is 0.000000135. The van der Waals surface area contributed by atoms with Crippen LogP contribution in [0.4, 0.5) is 100.0 Å². The summed E-state index contributed by atoms with van der Waals surface area (Å²) in [6.45, 7) is 13.4. The number of hydrogen-bond donors (Lipinski definition) is 6. The molecule has 4 aromatic carbocycles. The van der Waals surface area contributed by atoms with Gasteiger partial charge in [-0.2, -0.15) is 52.7 Å². The summed E-state index contributed by atoms with van der Waals surface area (Å²) in [5, 5.41) is 0.0271. The Kier molecular flexibility index (Phi) is 31.4. The van der Waals surface area contributed by atoms with E-state index in [1.54, 1.807) is 107 Å². The minimum Gasteiger partial charge on any atom is -0.497 e. The maximum absolute atomic E-state index is 13.8. The second kappa shape index (κ2) is 43.5. The molecule has 24 nitrogen and oxygen atoms in total. The molecular weight excluding hydrogens is 2090 g/mol. The number of nitrogen functional groups attached to an aromatic ring is 6. The number of alkyl halides is 14. The number of carbonyl (C=O) groups excluding carboxylic acids is 6. The van der Waals surface area contributed by atoms with E-state index in [9.17, 15) is 94.6 Å². The Hall–Kier alpha value is -15.8. The van der Waals surface area contributed by atoms with Crippen LogP contribution < -0.4 is 48.6 Å². The molecule has 12 N–H and O–H groups in total. The lowest BCUT2D eigenvalue weighted by atomic mass is 9.89. The number of fused-ring (bicyclic) bond motifs is 7. The maximum Gasteiger partial charge on any atom is 0.417 e. The Morgan fingerprint density at radius 2 is 0.713 bits per heavy atom. The molecule has 0 saturated carbocycles. The van der Waals surface area contributed by atoms with Crippen LogP contribution in [-0.2, 0) is 31.1 Å². The number of benzene rings is 4. The zero-order valence-electron chi connectivity index (χ0n) is 79.6. The van der Waals surface area contributed by atoms with Crippen LogP contribution >= 0.6 is 68.0 Å². The number of aromatic nitrogens is 9. The van der Waals surface area contributed by atoms with E-state index < -0.39 is 76.2 Å². The van der Waals surface area contributed by atoms with Crippen LogP contribution in [0, 0.1) is 11.2 Å². The van der Waals surface area contributed by atoms with E-state index in [0.29, 0.717) is 79.4 Å². The van der Waals surface area contributed by atoms with Gasteiger partial charge < -0.3 is 48.6 Å². The summed E-state index contributed by atoms with van der Waals surface area (Å²) in [5.41, 5.74) is 37.2. The number of nitrogens with two attached hydrogens (primary N) is 6. The second-order valence-corrected chi connectivity index (χ2v) is 40.1. The number of anilines is 6. The van der Waals surface area contributed by atoms with Crippen LogP contribution in [0.15, 0.2) is 207 Å². The third-order valence-electron chi connectivity index (χ3n) is 22.8. The summed E-state index contributed by atoms with van der Waals surface area (Å²) in [4.78, 5) is 112. The van der Waals surface area contributed by atoms with E-state index in [1.165, 1.54) is 100.0 Å². The average Bonchev–Trinajstić information content (AvgIpc) is 1.61. The van der Waals surface area contributed by atoms with Crippen molar-refractivity contribution in [2.45, 2.75) is 92.9 Å². The Morgan fingerprint density at radius 1 is 0.373 bits per heavy atom. The van der Waals surface area contributed by atoms with Crippen molar-refractivity contribution in [2.75, 3.05) is 54.7 Å². The molecule has 16 heterocycles. The first-order valence-corrected chi connectivity index (χ1v) is 49.4. The summed E-state index contributed by atoms with van der Waals surface area (Å²) < 4.78 is 220. The summed E-state index contributed by atoms with van der Waals surface area (Å²) >= 11 is 5.78. The van der Waals surface area contributed by atoms with Crippen molar-refractivity contribution < 1.29 is 109 Å². The lowest BCUT2D eigenvalue weighted by Crippen LogP contribution is -2.20. The summed E-state index contributed by atoms with van der Waals surface area (Å²) in [5.74, 6) is -0.862. The molecule has 150 heavy (non-hydrogen) atoms. The van der Waals surface area contributed by atoms with Gasteiger partial charge in [0.2, 0.25) is 5.78 Å². The molecule has 20 rings (SSSR count). The highest BCUT2D eigenvalue weighted by atomic mass is 32.1. The first-order valence-electron chi connectivity index (χ1n) is 44.5. The number of hydrogen-bond acceptors (Lipinski definition) is 30. The van der Waals surface area contributed by atoms with Gasteiger partial charge >= 0.3 is 24.7 Å². The topological polar surface area (TPSA) is 402 Å². The first kappa shape index (κ1) is 108. The number of ether oxygens (including phenoxy) is 3. The number of ketones is 6. The summed E-state index contributed by atoms with van der Waals surface area (Å²) in [6.07, 6.45) is -11.5. The highest BCUT2D eigenvalue weighted by Crippen LogP contribution is 2.52. The van der Waals surface area contributed by atoms with Crippen molar-refractivity contribution in [3.63, 3.8) is 0 Å². The molecule has 1 aliphatic rings. The number of aryl methyl sites for hydroxylation is 1. The largest absolute Gasteiger partial charge is 0.497 e. The normalized spacial score (nSPS) is 12.1. The van der Waals surface area contributed by atoms with Crippen molar-refractivity contribution in [3.8, 4) is 84.8 Å². The smallest absolute Gasteiger partial charge is 0.417 e. The molecule has 0 aliphatic carbocycles. The van der Waals surface area contributed by atoms with E-state index in [2.05, 4.69) is 76.0 Å². The van der Waals surface area contributed by atoms with Gasteiger partial charge in [0.25, 0.3) is 6.43 Å². The minimum absolute atomic E-state index is 0.00986. The molecule has 19 aromatic rings. The van der Waals surface area contributed by atoms with Crippen LogP contribution in [0.3, 0.4) is 0 Å². The third-order valence-corrected chi connectivity index (χ3v) is 29.8. The van der Waals surface area contributed by atoms with Gasteiger partial charge in [-0.25, -0.2) is 43.1 Å². The predicted molar refractivity (Wildman–Crippen MR) is 556 cm³/mol. The lowest BCUT2D eigenvalue weighted by molar-refractivity contribution is -0.137. The Morgan fingerprint density at radius 3 is 1.10 bits per heavy atom. The highest BCUT2D eigenvalue weighted by molar-refractivity contribution is 7.23. The fourth-order valence-electron chi connectivity index (χ4n) is 15.5. The molecule has 770 valence electrons. The Bertz CT molecular complexity index is 8450. The van der Waals surface area contributed by atoms with Gasteiger partial charge in [-0.3, -0.25) is 43.7 Å². The van der Waals surface area contributed by atoms with E-state index in [1.807, 2.05) is 12.1 Å². The predicted octanol–water partition coefficient (Wildman–Crippen LogP) is 28.2. The third kappa shape index (κ3) is 23.2. The number of pyridine rings is 9. The van der Waals surface area contributed by atoms with Crippen molar-refractivity contribution >= 4 is 198 Å². The van der Waals surface area contributed by atoms with Gasteiger partial charge in [0.15, 0.2) is 40.4 Å². The number of thiophene rings is 6. The number of Topliss-reactive ketones (excluding diaryl/α,β-unsaturated/α-hetero) is 5. The van der Waals surface area contributed by atoms with Crippen molar-refractivity contribution in [3.05, 3.63) is 281 Å². The van der Waals surface area contributed by atoms with Gasteiger partial charge in [0.05, 0.1) is 122 Å². The molecule has 0 saturated heterocycles. The second-order valence-electron chi connectivity index (χ2n) is 34.1.